The van der Waals surface area contributed by atoms with Crippen LogP contribution in [-0.4, -0.2) is 38.2 Å². The molecule has 0 amide bonds. The highest BCUT2D eigenvalue weighted by atomic mass is 15.1. The Balaban J connectivity index is 0.000000200. The molecule has 0 spiro atoms. The third-order valence-electron chi connectivity index (χ3n) is 18.2. The van der Waals surface area contributed by atoms with Crippen molar-refractivity contribution >= 4 is 0 Å². The van der Waals surface area contributed by atoms with Crippen molar-refractivity contribution in [1.82, 2.24) is 38.2 Å². The van der Waals surface area contributed by atoms with Crippen molar-refractivity contribution in [3.05, 3.63) is 240 Å². The predicted molar refractivity (Wildman–Crippen MR) is 401 cm³/mol. The van der Waals surface area contributed by atoms with Crippen LogP contribution < -0.4 is 18.3 Å². The molecule has 0 atom stereocenters. The van der Waals surface area contributed by atoms with Crippen molar-refractivity contribution < 1.29 is 18.3 Å². The van der Waals surface area contributed by atoms with E-state index in [2.05, 4.69) is 287 Å². The predicted octanol–water partition coefficient (Wildman–Crippen LogP) is 18.0. The van der Waals surface area contributed by atoms with Crippen molar-refractivity contribution in [3.8, 4) is 90.6 Å². The fraction of sp³-hybridized carbons (Fsp3) is 0.333. The van der Waals surface area contributed by atoms with Gasteiger partial charge in [0, 0.05) is 164 Å². The minimum atomic E-state index is 0. The second kappa shape index (κ2) is 32.6. The minimum absolute atomic E-state index is 0. The summed E-state index contributed by atoms with van der Waals surface area (Å²) in [7, 11) is 16.6. The van der Waals surface area contributed by atoms with Crippen LogP contribution in [0.5, 0.6) is 0 Å². The van der Waals surface area contributed by atoms with E-state index in [-0.39, 0.29) is 35.1 Å². The first kappa shape index (κ1) is 75.3. The molecule has 1 aliphatic rings. The van der Waals surface area contributed by atoms with Crippen LogP contribution in [0, 0.1) is 47.0 Å². The molecule has 0 bridgehead atoms. The number of aryl methyl sites for hydroxylation is 10. The summed E-state index contributed by atoms with van der Waals surface area (Å²) in [6.45, 7) is 19.9. The van der Waals surface area contributed by atoms with E-state index in [9.17, 15) is 0 Å². The highest BCUT2D eigenvalue weighted by molar-refractivity contribution is 5.77. The molecule has 13 rings (SSSR count). The third-order valence-corrected chi connectivity index (χ3v) is 18.2. The van der Waals surface area contributed by atoms with Crippen LogP contribution >= 0.6 is 0 Å². The fourth-order valence-electron chi connectivity index (χ4n) is 13.4. The number of hydrogen-bond donors (Lipinski definition) is 0. The zero-order valence-corrected chi connectivity index (χ0v) is 57.5. The zero-order valence-electron chi connectivity index (χ0n) is 57.5. The minimum Gasteiger partial charge on any atom is -0.334 e. The van der Waals surface area contributed by atoms with Crippen LogP contribution in [0.15, 0.2) is 196 Å². The molecule has 0 aliphatic heterocycles. The van der Waals surface area contributed by atoms with Crippen molar-refractivity contribution in [2.45, 2.75) is 130 Å². The van der Waals surface area contributed by atoms with Gasteiger partial charge in [-0.05, 0) is 142 Å². The summed E-state index contributed by atoms with van der Waals surface area (Å²) >= 11 is 0. The maximum absolute atomic E-state index is 4.53. The second-order valence-electron chi connectivity index (χ2n) is 26.4. The van der Waals surface area contributed by atoms with E-state index >= 15 is 0 Å². The molecule has 8 aromatic heterocycles. The Hall–Kier alpha value is -9.68. The maximum atomic E-state index is 4.53. The van der Waals surface area contributed by atoms with Crippen molar-refractivity contribution in [2.75, 3.05) is 0 Å². The molecule has 0 radical (unpaired) electrons. The summed E-state index contributed by atoms with van der Waals surface area (Å²) in [5.74, 6) is 4.78. The molecule has 0 saturated heterocycles. The molecule has 8 heterocycles. The van der Waals surface area contributed by atoms with Gasteiger partial charge in [-0.3, -0.25) is 0 Å². The number of rotatable bonds is 10. The zero-order chi connectivity index (χ0) is 65.5. The topological polar surface area (TPSA) is 86.8 Å². The molecule has 0 N–H and O–H groups in total. The van der Waals surface area contributed by atoms with Gasteiger partial charge in [-0.1, -0.05) is 112 Å². The van der Waals surface area contributed by atoms with E-state index in [0.29, 0.717) is 0 Å². The second-order valence-corrected chi connectivity index (χ2v) is 26.4. The molecule has 0 unspecified atom stereocenters. The van der Waals surface area contributed by atoms with Crippen LogP contribution in [0.25, 0.3) is 90.6 Å². The Labute approximate surface area is 576 Å². The summed E-state index contributed by atoms with van der Waals surface area (Å²) in [6.07, 6.45) is 30.6. The molecule has 12 aromatic rings. The van der Waals surface area contributed by atoms with E-state index in [4.69, 9.17) is 0 Å². The number of imidazole rings is 4. The first-order valence-corrected chi connectivity index (χ1v) is 32.3. The number of pyridine rings is 4. The van der Waals surface area contributed by atoms with Crippen molar-refractivity contribution in [2.24, 2.45) is 61.8 Å². The summed E-state index contributed by atoms with van der Waals surface area (Å²) in [5.41, 5.74) is 25.6. The largest absolute Gasteiger partial charge is 0.334 e. The molecule has 4 aromatic carbocycles. The van der Waals surface area contributed by atoms with Gasteiger partial charge in [-0.15, -0.1) is 0 Å². The molecule has 1 fully saturated rings. The van der Waals surface area contributed by atoms with Crippen LogP contribution in [-0.2, 0) is 62.8 Å². The van der Waals surface area contributed by atoms with Crippen LogP contribution in [0.3, 0.4) is 0 Å². The van der Waals surface area contributed by atoms with Gasteiger partial charge < -0.3 is 18.3 Å². The summed E-state index contributed by atoms with van der Waals surface area (Å²) in [4.78, 5) is 18.0. The Morgan fingerprint density at radius 1 is 0.406 bits per heavy atom. The lowest BCUT2D eigenvalue weighted by molar-refractivity contribution is -0.661. The van der Waals surface area contributed by atoms with E-state index in [1.165, 1.54) is 137 Å². The van der Waals surface area contributed by atoms with E-state index in [1.54, 1.807) is 0 Å². The molecule has 12 heteroatoms. The molecular weight excluding hydrogens is 1180 g/mol. The normalized spacial score (nSPS) is 11.7. The first-order chi connectivity index (χ1) is 44.1. The third kappa shape index (κ3) is 16.7. The Kier molecular flexibility index (Phi) is 25.6. The van der Waals surface area contributed by atoms with Gasteiger partial charge in [-0.2, -0.15) is 0 Å². The monoisotopic (exact) mass is 1290 g/mol. The first-order valence-electron chi connectivity index (χ1n) is 32.3. The Morgan fingerprint density at radius 3 is 1.20 bits per heavy atom. The van der Waals surface area contributed by atoms with E-state index in [0.717, 1.165) is 35.6 Å². The van der Waals surface area contributed by atoms with Crippen LogP contribution in [0.2, 0.25) is 0 Å². The van der Waals surface area contributed by atoms with Gasteiger partial charge in [0.25, 0.3) is 0 Å². The Morgan fingerprint density at radius 2 is 0.802 bits per heavy atom. The van der Waals surface area contributed by atoms with Gasteiger partial charge in [-0.25, -0.2) is 38.2 Å². The van der Waals surface area contributed by atoms with Crippen molar-refractivity contribution in [1.29, 1.82) is 0 Å². The standard InChI is InChI=1S/C22H26N3.C22H28N3.C19H22N3.C17H18N3.4CH4/c1-16-19(9-6-10-20(16)22-23-13-14-24(22)2)21-12-11-18(15-25(21)3)17-7-4-5-8-17;1-16-18(8-7-9-19(16)21-23-11-13-25(21)6)20-14-17(10-12-24(20)5)15-22(2,3)4;1-13-11-14(2)18(22(5)12-13)16-7-6-8-17(15(16)3)19-20-9-10-21(19)4;1-13-14(16-9-4-5-11-19(16)2)7-6-8-15(13)17-18-10-12-20(17)3;;;;/h6,9-15,17H,4-5,7-8H2,1-3H3;7-14H,15H2,1-6H3;6-12H,1-5H3;4-12H,1-3H3;4*1H4/q4*+1;;;;. The molecular formula is C84H110N12+4. The summed E-state index contributed by atoms with van der Waals surface area (Å²) in [6, 6.07) is 43.5. The van der Waals surface area contributed by atoms with Crippen molar-refractivity contribution in [3.63, 3.8) is 0 Å². The van der Waals surface area contributed by atoms with E-state index in [1.807, 2.05) is 83.8 Å². The van der Waals surface area contributed by atoms with Crippen LogP contribution in [0.4, 0.5) is 0 Å². The number of hydrogen-bond acceptors (Lipinski definition) is 4. The molecule has 1 saturated carbocycles. The average molecular weight is 1290 g/mol. The average Bonchev–Trinajstić information content (AvgIpc) is 1.22. The van der Waals surface area contributed by atoms with Gasteiger partial charge >= 0.3 is 0 Å². The smallest absolute Gasteiger partial charge is 0.215 e. The summed E-state index contributed by atoms with van der Waals surface area (Å²) < 4.78 is 17.1. The Bertz CT molecular complexity index is 4530. The number of aromatic nitrogens is 12. The summed E-state index contributed by atoms with van der Waals surface area (Å²) in [5, 5.41) is 0. The fourth-order valence-corrected chi connectivity index (χ4v) is 13.4. The molecule has 12 nitrogen and oxygen atoms in total. The number of nitrogens with zero attached hydrogens (tertiary/aromatic N) is 12. The highest BCUT2D eigenvalue weighted by Crippen LogP contribution is 2.37. The molecule has 502 valence electrons. The lowest BCUT2D eigenvalue weighted by Gasteiger charge is -2.18. The molecule has 1 aliphatic carbocycles. The van der Waals surface area contributed by atoms with Gasteiger partial charge in [0.05, 0.1) is 5.56 Å². The lowest BCUT2D eigenvalue weighted by Crippen LogP contribution is -2.32. The van der Waals surface area contributed by atoms with Crippen LogP contribution in [0.1, 0.15) is 127 Å². The van der Waals surface area contributed by atoms with Gasteiger partial charge in [0.1, 0.15) is 51.5 Å². The van der Waals surface area contributed by atoms with Gasteiger partial charge in [0.15, 0.2) is 24.8 Å². The quantitative estimate of drug-likeness (QED) is 0.128. The van der Waals surface area contributed by atoms with Gasteiger partial charge in [0.2, 0.25) is 22.8 Å². The maximum Gasteiger partial charge on any atom is 0.215 e. The molecule has 96 heavy (non-hydrogen) atoms. The highest BCUT2D eigenvalue weighted by Gasteiger charge is 2.25. The SMILES string of the molecule is C.C.C.C.Cc1c(-c2nccn2C)cccc1-c1cc(CC(C)(C)C)cc[n+]1C.Cc1c(-c2nccn2C)cccc1-c1ccc(C2CCCC2)c[n+]1C.Cc1c(-c2nccn2C)cccc1-c1cccc[n+]1C.Cc1cc(C)c(-c2cccc(-c3nccn3C)c2C)[n+](C)c1. The number of benzene rings is 4. The lowest BCUT2D eigenvalue weighted by atomic mass is 9.87. The van der Waals surface area contributed by atoms with E-state index < -0.39 is 0 Å².